The van der Waals surface area contributed by atoms with Crippen LogP contribution >= 0.6 is 0 Å². The summed E-state index contributed by atoms with van der Waals surface area (Å²) in [5.41, 5.74) is 2.09. The molecule has 3 aromatic heterocycles. The molecule has 0 bridgehead atoms. The van der Waals surface area contributed by atoms with Crippen LogP contribution in [0.2, 0.25) is 0 Å². The highest BCUT2D eigenvalue weighted by Crippen LogP contribution is 2.26. The Balaban J connectivity index is 1.51. The molecule has 0 unspecified atom stereocenters. The maximum Gasteiger partial charge on any atom is 0.246 e. The van der Waals surface area contributed by atoms with Gasteiger partial charge in [0, 0.05) is 44.2 Å². The molecule has 0 amide bonds. The maximum atomic E-state index is 5.99. The first kappa shape index (κ1) is 17.1. The highest BCUT2D eigenvalue weighted by atomic mass is 16.5. The summed E-state index contributed by atoms with van der Waals surface area (Å²) in [4.78, 5) is 6.97. The Bertz CT molecular complexity index is 902. The van der Waals surface area contributed by atoms with Gasteiger partial charge in [-0.05, 0) is 32.4 Å². The van der Waals surface area contributed by atoms with E-state index in [1.807, 2.05) is 17.1 Å². The van der Waals surface area contributed by atoms with Crippen LogP contribution in [0.1, 0.15) is 50.3 Å². The van der Waals surface area contributed by atoms with E-state index in [-0.39, 0.29) is 12.2 Å². The molecule has 0 N–H and O–H groups in total. The van der Waals surface area contributed by atoms with E-state index in [0.29, 0.717) is 17.8 Å². The molecule has 0 aliphatic carbocycles. The summed E-state index contributed by atoms with van der Waals surface area (Å²) in [5.74, 6) is 1.11. The predicted molar refractivity (Wildman–Crippen MR) is 95.5 cm³/mol. The normalized spacial score (nSPS) is 21.7. The van der Waals surface area contributed by atoms with Crippen molar-refractivity contribution < 1.29 is 9.15 Å². The van der Waals surface area contributed by atoms with Crippen molar-refractivity contribution in [2.75, 3.05) is 13.1 Å². The van der Waals surface area contributed by atoms with E-state index < -0.39 is 0 Å². The van der Waals surface area contributed by atoms with Gasteiger partial charge in [0.15, 0.2) is 5.65 Å². The van der Waals surface area contributed by atoms with Crippen molar-refractivity contribution in [2.24, 2.45) is 0 Å². The summed E-state index contributed by atoms with van der Waals surface area (Å²) in [7, 11) is 0. The highest BCUT2D eigenvalue weighted by molar-refractivity contribution is 5.75. The molecule has 26 heavy (non-hydrogen) atoms. The maximum absolute atomic E-state index is 5.99. The Labute approximate surface area is 152 Å². The van der Waals surface area contributed by atoms with Crippen molar-refractivity contribution in [3.63, 3.8) is 0 Å². The zero-order valence-corrected chi connectivity index (χ0v) is 15.6. The second-order valence-electron chi connectivity index (χ2n) is 7.23. The number of hydrogen-bond donors (Lipinski definition) is 0. The fourth-order valence-corrected chi connectivity index (χ4v) is 3.45. The van der Waals surface area contributed by atoms with Gasteiger partial charge in [-0.15, -0.1) is 10.2 Å². The quantitative estimate of drug-likeness (QED) is 0.711. The molecule has 3 aromatic rings. The zero-order valence-electron chi connectivity index (χ0n) is 15.6. The lowest BCUT2D eigenvalue weighted by molar-refractivity contribution is -0.0917. The van der Waals surface area contributed by atoms with Gasteiger partial charge in [0.1, 0.15) is 6.10 Å². The molecule has 8 nitrogen and oxygen atoms in total. The molecule has 0 radical (unpaired) electrons. The van der Waals surface area contributed by atoms with E-state index in [9.17, 15) is 0 Å². The first-order valence-electron chi connectivity index (χ1n) is 8.99. The van der Waals surface area contributed by atoms with Crippen LogP contribution in [0.4, 0.5) is 0 Å². The summed E-state index contributed by atoms with van der Waals surface area (Å²) in [6.07, 6.45) is 3.73. The number of ether oxygens (including phenoxy) is 1. The van der Waals surface area contributed by atoms with E-state index in [0.717, 1.165) is 36.2 Å². The first-order chi connectivity index (χ1) is 12.5. The third-order valence-electron chi connectivity index (χ3n) is 4.54. The smallest absolute Gasteiger partial charge is 0.246 e. The number of aryl methyl sites for hydroxylation is 1. The van der Waals surface area contributed by atoms with Gasteiger partial charge in [-0.2, -0.15) is 5.10 Å². The molecule has 0 spiro atoms. The number of aromatic nitrogens is 5. The largest absolute Gasteiger partial charge is 0.423 e. The van der Waals surface area contributed by atoms with Crippen LogP contribution in [0.15, 0.2) is 22.9 Å². The molecule has 0 aromatic carbocycles. The molecule has 4 rings (SSSR count). The van der Waals surface area contributed by atoms with Crippen molar-refractivity contribution in [1.82, 2.24) is 29.9 Å². The van der Waals surface area contributed by atoms with E-state index in [2.05, 4.69) is 52.0 Å². The van der Waals surface area contributed by atoms with Gasteiger partial charge in [-0.3, -0.25) is 4.90 Å². The van der Waals surface area contributed by atoms with Crippen molar-refractivity contribution in [3.05, 3.63) is 35.8 Å². The van der Waals surface area contributed by atoms with E-state index in [1.165, 1.54) is 0 Å². The Kier molecular flexibility index (Phi) is 4.46. The Hall–Kier alpha value is -2.32. The van der Waals surface area contributed by atoms with Crippen LogP contribution in [-0.2, 0) is 11.3 Å². The number of pyridine rings is 1. The van der Waals surface area contributed by atoms with Gasteiger partial charge in [0.2, 0.25) is 11.8 Å². The van der Waals surface area contributed by atoms with Gasteiger partial charge in [0.25, 0.3) is 0 Å². The van der Waals surface area contributed by atoms with Crippen LogP contribution in [0, 0.1) is 6.92 Å². The number of hydrogen-bond acceptors (Lipinski definition) is 7. The Morgan fingerprint density at radius 1 is 1.23 bits per heavy atom. The standard InChI is InChI=1S/C18H24N6O2/c1-11(2)24-17-15(7-20-24)5-14(6-19-17)9-23-8-12(3)25-16(10-23)18-22-21-13(4)26-18/h5-7,11-12,16H,8-10H2,1-4H3/t12-,16-/m1/s1. The zero-order chi connectivity index (χ0) is 18.3. The molecule has 8 heteroatoms. The summed E-state index contributed by atoms with van der Waals surface area (Å²) >= 11 is 0. The SMILES string of the molecule is Cc1nnc([C@H]2CN(Cc3cnc4c(cnn4C(C)C)c3)C[C@@H](C)O2)o1. The van der Waals surface area contributed by atoms with Gasteiger partial charge >= 0.3 is 0 Å². The summed E-state index contributed by atoms with van der Waals surface area (Å²) in [6, 6.07) is 2.46. The minimum atomic E-state index is -0.194. The third kappa shape index (κ3) is 3.34. The topological polar surface area (TPSA) is 82.1 Å². The minimum absolute atomic E-state index is 0.0985. The molecule has 4 heterocycles. The van der Waals surface area contributed by atoms with Crippen LogP contribution in [0.25, 0.3) is 11.0 Å². The van der Waals surface area contributed by atoms with Gasteiger partial charge < -0.3 is 9.15 Å². The molecule has 0 saturated carbocycles. The Morgan fingerprint density at radius 3 is 2.81 bits per heavy atom. The van der Waals surface area contributed by atoms with Crippen LogP contribution in [-0.4, -0.2) is 49.1 Å². The molecular weight excluding hydrogens is 332 g/mol. The molecule has 1 saturated heterocycles. The number of rotatable bonds is 4. The third-order valence-corrected chi connectivity index (χ3v) is 4.54. The monoisotopic (exact) mass is 356 g/mol. The molecule has 138 valence electrons. The van der Waals surface area contributed by atoms with Crippen molar-refractivity contribution in [3.8, 4) is 0 Å². The first-order valence-corrected chi connectivity index (χ1v) is 8.99. The van der Waals surface area contributed by atoms with Crippen LogP contribution < -0.4 is 0 Å². The summed E-state index contributed by atoms with van der Waals surface area (Å²) < 4.78 is 13.5. The van der Waals surface area contributed by atoms with Crippen molar-refractivity contribution in [2.45, 2.75) is 52.5 Å². The summed E-state index contributed by atoms with van der Waals surface area (Å²) in [6.45, 7) is 10.4. The van der Waals surface area contributed by atoms with Crippen LogP contribution in [0.3, 0.4) is 0 Å². The molecule has 2 atom stereocenters. The average Bonchev–Trinajstić information content (AvgIpc) is 3.20. The van der Waals surface area contributed by atoms with Crippen LogP contribution in [0.5, 0.6) is 0 Å². The van der Waals surface area contributed by atoms with E-state index in [4.69, 9.17) is 9.15 Å². The minimum Gasteiger partial charge on any atom is -0.423 e. The van der Waals surface area contributed by atoms with E-state index in [1.54, 1.807) is 6.92 Å². The second-order valence-corrected chi connectivity index (χ2v) is 7.23. The van der Waals surface area contributed by atoms with Gasteiger partial charge in [-0.25, -0.2) is 9.67 Å². The fourth-order valence-electron chi connectivity index (χ4n) is 3.45. The fraction of sp³-hybridized carbons (Fsp3) is 0.556. The lowest BCUT2D eigenvalue weighted by Gasteiger charge is -2.35. The number of nitrogens with zero attached hydrogens (tertiary/aromatic N) is 6. The Morgan fingerprint density at radius 2 is 2.08 bits per heavy atom. The molecule has 1 aliphatic heterocycles. The number of fused-ring (bicyclic) bond motifs is 1. The van der Waals surface area contributed by atoms with E-state index >= 15 is 0 Å². The van der Waals surface area contributed by atoms with Crippen molar-refractivity contribution >= 4 is 11.0 Å². The second kappa shape index (κ2) is 6.77. The van der Waals surface area contributed by atoms with Crippen molar-refractivity contribution in [1.29, 1.82) is 0 Å². The molecule has 1 aliphatic rings. The average molecular weight is 356 g/mol. The van der Waals surface area contributed by atoms with Gasteiger partial charge in [0.05, 0.1) is 12.3 Å². The number of morpholine rings is 1. The highest BCUT2D eigenvalue weighted by Gasteiger charge is 2.30. The molecule has 1 fully saturated rings. The lowest BCUT2D eigenvalue weighted by Crippen LogP contribution is -2.42. The van der Waals surface area contributed by atoms with Gasteiger partial charge in [-0.1, -0.05) is 0 Å². The predicted octanol–water partition coefficient (Wildman–Crippen LogP) is 2.67. The molecular formula is C18H24N6O2. The summed E-state index contributed by atoms with van der Waals surface area (Å²) in [5, 5.41) is 13.5. The lowest BCUT2D eigenvalue weighted by atomic mass is 10.1.